The third-order valence-electron chi connectivity index (χ3n) is 4.35. The van der Waals surface area contributed by atoms with Crippen molar-refractivity contribution in [3.63, 3.8) is 0 Å². The summed E-state index contributed by atoms with van der Waals surface area (Å²) in [7, 11) is 3.93. The molecule has 1 saturated heterocycles. The van der Waals surface area contributed by atoms with Crippen LogP contribution in [0.15, 0.2) is 36.9 Å². The molecule has 2 aromatic heterocycles. The maximum Gasteiger partial charge on any atom is 0.254 e. The van der Waals surface area contributed by atoms with E-state index in [1.165, 1.54) is 0 Å². The number of rotatable bonds is 4. The number of carbonyl (C=O) groups is 1. The van der Waals surface area contributed by atoms with Gasteiger partial charge in [-0.25, -0.2) is 9.97 Å². The van der Waals surface area contributed by atoms with Crippen LogP contribution >= 0.6 is 0 Å². The molecule has 3 rings (SSSR count). The summed E-state index contributed by atoms with van der Waals surface area (Å²) in [6.45, 7) is 3.11. The summed E-state index contributed by atoms with van der Waals surface area (Å²) >= 11 is 0. The molecule has 1 unspecified atom stereocenters. The van der Waals surface area contributed by atoms with Crippen molar-refractivity contribution in [2.45, 2.75) is 6.42 Å². The van der Waals surface area contributed by atoms with Gasteiger partial charge >= 0.3 is 0 Å². The fourth-order valence-corrected chi connectivity index (χ4v) is 3.02. The predicted molar refractivity (Wildman–Crippen MR) is 96.6 cm³/mol. The molecule has 7 heteroatoms. The molecule has 0 aliphatic carbocycles. The van der Waals surface area contributed by atoms with Gasteiger partial charge in [0, 0.05) is 70.0 Å². The minimum Gasteiger partial charge on any atom is -0.363 e. The molecule has 1 aliphatic rings. The van der Waals surface area contributed by atoms with Gasteiger partial charge in [-0.1, -0.05) is 0 Å². The quantitative estimate of drug-likeness (QED) is 0.889. The number of hydrogen-bond donors (Lipinski definition) is 1. The van der Waals surface area contributed by atoms with E-state index >= 15 is 0 Å². The molecule has 0 spiro atoms. The van der Waals surface area contributed by atoms with Gasteiger partial charge in [0.1, 0.15) is 12.1 Å². The minimum atomic E-state index is 0.0627. The van der Waals surface area contributed by atoms with Crippen molar-refractivity contribution in [3.05, 3.63) is 48.2 Å². The summed E-state index contributed by atoms with van der Waals surface area (Å²) in [5.41, 5.74) is 1.69. The first-order valence-corrected chi connectivity index (χ1v) is 8.52. The second-order valence-corrected chi connectivity index (χ2v) is 6.52. The van der Waals surface area contributed by atoms with E-state index < -0.39 is 0 Å². The van der Waals surface area contributed by atoms with Gasteiger partial charge in [0.25, 0.3) is 5.91 Å². The van der Waals surface area contributed by atoms with Crippen LogP contribution in [0.3, 0.4) is 0 Å². The van der Waals surface area contributed by atoms with Crippen molar-refractivity contribution >= 4 is 11.7 Å². The van der Waals surface area contributed by atoms with E-state index in [0.717, 1.165) is 37.6 Å². The van der Waals surface area contributed by atoms with Crippen LogP contribution in [0, 0.1) is 5.92 Å². The van der Waals surface area contributed by atoms with E-state index in [0.29, 0.717) is 18.0 Å². The van der Waals surface area contributed by atoms with Gasteiger partial charge in [-0.2, -0.15) is 0 Å². The molecule has 25 heavy (non-hydrogen) atoms. The Balaban J connectivity index is 1.70. The second kappa shape index (κ2) is 8.02. The Kier molecular flexibility index (Phi) is 5.55. The fraction of sp³-hybridized carbons (Fsp3) is 0.444. The Hall–Kier alpha value is -2.54. The van der Waals surface area contributed by atoms with Crippen LogP contribution in [0.1, 0.15) is 16.1 Å². The summed E-state index contributed by atoms with van der Waals surface area (Å²) < 4.78 is 0. The Morgan fingerprint density at radius 3 is 2.88 bits per heavy atom. The molecule has 3 heterocycles. The Morgan fingerprint density at radius 1 is 1.32 bits per heavy atom. The van der Waals surface area contributed by atoms with Crippen LogP contribution < -0.4 is 10.2 Å². The van der Waals surface area contributed by atoms with Gasteiger partial charge in [-0.05, 0) is 24.5 Å². The second-order valence-electron chi connectivity index (χ2n) is 6.52. The number of amides is 1. The standard InChI is InChI=1S/C18H24N6O/c1-23(2)17-10-16(21-13-22-17)9-14-11-20-7-8-24(12-14)18(25)15-3-5-19-6-4-15/h3-6,10,13-14,20H,7-9,11-12H2,1-2H3. The van der Waals surface area contributed by atoms with Crippen molar-refractivity contribution in [2.24, 2.45) is 5.92 Å². The highest BCUT2D eigenvalue weighted by Gasteiger charge is 2.23. The Morgan fingerprint density at radius 2 is 2.12 bits per heavy atom. The highest BCUT2D eigenvalue weighted by Crippen LogP contribution is 2.15. The zero-order valence-electron chi connectivity index (χ0n) is 14.7. The Bertz CT molecular complexity index is 706. The highest BCUT2D eigenvalue weighted by atomic mass is 16.2. The summed E-state index contributed by atoms with van der Waals surface area (Å²) in [4.78, 5) is 29.3. The van der Waals surface area contributed by atoms with Gasteiger partial charge in [0.05, 0.1) is 0 Å². The van der Waals surface area contributed by atoms with Crippen molar-refractivity contribution < 1.29 is 4.79 Å². The first-order chi connectivity index (χ1) is 12.1. The first kappa shape index (κ1) is 17.3. The third-order valence-corrected chi connectivity index (χ3v) is 4.35. The van der Waals surface area contributed by atoms with E-state index in [9.17, 15) is 4.79 Å². The topological polar surface area (TPSA) is 74.2 Å². The molecular weight excluding hydrogens is 316 g/mol. The summed E-state index contributed by atoms with van der Waals surface area (Å²) in [5, 5.41) is 3.43. The monoisotopic (exact) mass is 340 g/mol. The maximum atomic E-state index is 12.7. The number of nitrogens with zero attached hydrogens (tertiary/aromatic N) is 5. The summed E-state index contributed by atoms with van der Waals surface area (Å²) in [6, 6.07) is 5.55. The van der Waals surface area contributed by atoms with Crippen LogP contribution in [0.2, 0.25) is 0 Å². The van der Waals surface area contributed by atoms with E-state index in [1.807, 2.05) is 30.0 Å². The van der Waals surface area contributed by atoms with E-state index in [1.54, 1.807) is 30.9 Å². The third kappa shape index (κ3) is 4.51. The van der Waals surface area contributed by atoms with E-state index in [-0.39, 0.29) is 5.91 Å². The van der Waals surface area contributed by atoms with Crippen molar-refractivity contribution in [2.75, 3.05) is 45.2 Å². The largest absolute Gasteiger partial charge is 0.363 e. The lowest BCUT2D eigenvalue weighted by molar-refractivity contribution is 0.0747. The SMILES string of the molecule is CN(C)c1cc(CC2CNCCN(C(=O)c3ccncc3)C2)ncn1. The lowest BCUT2D eigenvalue weighted by Crippen LogP contribution is -2.36. The zero-order chi connectivity index (χ0) is 17.6. The number of nitrogens with one attached hydrogen (secondary N) is 1. The molecule has 1 fully saturated rings. The molecule has 132 valence electrons. The minimum absolute atomic E-state index is 0.0627. The first-order valence-electron chi connectivity index (χ1n) is 8.52. The number of pyridine rings is 1. The lowest BCUT2D eigenvalue weighted by atomic mass is 10.0. The van der Waals surface area contributed by atoms with Crippen molar-refractivity contribution in [3.8, 4) is 0 Å². The molecule has 0 saturated carbocycles. The van der Waals surface area contributed by atoms with Crippen molar-refractivity contribution in [1.29, 1.82) is 0 Å². The fourth-order valence-electron chi connectivity index (χ4n) is 3.02. The molecule has 7 nitrogen and oxygen atoms in total. The average molecular weight is 340 g/mol. The van der Waals surface area contributed by atoms with Crippen LogP contribution in [0.25, 0.3) is 0 Å². The predicted octanol–water partition coefficient (Wildman–Crippen LogP) is 0.842. The van der Waals surface area contributed by atoms with Gasteiger partial charge in [0.15, 0.2) is 0 Å². The van der Waals surface area contributed by atoms with Gasteiger partial charge in [0.2, 0.25) is 0 Å². The zero-order valence-corrected chi connectivity index (χ0v) is 14.7. The molecule has 1 atom stereocenters. The molecule has 0 aromatic carbocycles. The number of aromatic nitrogens is 3. The summed E-state index contributed by atoms with van der Waals surface area (Å²) in [5.74, 6) is 1.28. The van der Waals surface area contributed by atoms with Gasteiger partial charge in [-0.15, -0.1) is 0 Å². The van der Waals surface area contributed by atoms with Gasteiger partial charge < -0.3 is 15.1 Å². The van der Waals surface area contributed by atoms with Crippen LogP contribution in [-0.2, 0) is 6.42 Å². The number of anilines is 1. The van der Waals surface area contributed by atoms with Crippen LogP contribution in [-0.4, -0.2) is 66.0 Å². The molecule has 1 amide bonds. The van der Waals surface area contributed by atoms with Crippen LogP contribution in [0.4, 0.5) is 5.82 Å². The molecular formula is C18H24N6O. The molecule has 0 radical (unpaired) electrons. The van der Waals surface area contributed by atoms with E-state index in [4.69, 9.17) is 0 Å². The van der Waals surface area contributed by atoms with E-state index in [2.05, 4.69) is 20.3 Å². The molecule has 1 N–H and O–H groups in total. The molecule has 2 aromatic rings. The normalized spacial score (nSPS) is 17.8. The number of hydrogen-bond acceptors (Lipinski definition) is 6. The summed E-state index contributed by atoms with van der Waals surface area (Å²) in [6.07, 6.45) is 5.74. The van der Waals surface area contributed by atoms with Crippen LogP contribution in [0.5, 0.6) is 0 Å². The average Bonchev–Trinajstić information content (AvgIpc) is 2.87. The van der Waals surface area contributed by atoms with Gasteiger partial charge in [-0.3, -0.25) is 9.78 Å². The Labute approximate surface area is 148 Å². The lowest BCUT2D eigenvalue weighted by Gasteiger charge is -2.24. The van der Waals surface area contributed by atoms with Crippen molar-refractivity contribution in [1.82, 2.24) is 25.2 Å². The number of carbonyl (C=O) groups excluding carboxylic acids is 1. The molecule has 0 bridgehead atoms. The smallest absolute Gasteiger partial charge is 0.254 e. The maximum absolute atomic E-state index is 12.7. The highest BCUT2D eigenvalue weighted by molar-refractivity contribution is 5.94. The molecule has 1 aliphatic heterocycles.